The first kappa shape index (κ1) is 12.5. The van der Waals surface area contributed by atoms with Gasteiger partial charge >= 0.3 is 6.18 Å². The van der Waals surface area contributed by atoms with Gasteiger partial charge in [-0.05, 0) is 37.1 Å². The van der Waals surface area contributed by atoms with Gasteiger partial charge in [0.15, 0.2) is 0 Å². The van der Waals surface area contributed by atoms with E-state index in [4.69, 9.17) is 0 Å². The van der Waals surface area contributed by atoms with Gasteiger partial charge in [-0.15, -0.1) is 11.8 Å². The van der Waals surface area contributed by atoms with E-state index in [0.717, 1.165) is 36.2 Å². The highest BCUT2D eigenvalue weighted by atomic mass is 32.2. The van der Waals surface area contributed by atoms with Crippen LogP contribution < -0.4 is 0 Å². The van der Waals surface area contributed by atoms with Gasteiger partial charge in [-0.1, -0.05) is 0 Å². The Hall–Kier alpha value is -0.970. The number of aldehydes is 1. The summed E-state index contributed by atoms with van der Waals surface area (Å²) in [6.07, 6.45) is -1.54. The van der Waals surface area contributed by atoms with E-state index in [1.165, 1.54) is 23.9 Å². The van der Waals surface area contributed by atoms with Crippen LogP contribution in [-0.4, -0.2) is 12.0 Å². The fraction of sp³-hybridized carbons (Fsp3) is 0.417. The third kappa shape index (κ3) is 3.03. The number of benzene rings is 1. The Morgan fingerprint density at radius 1 is 1.24 bits per heavy atom. The van der Waals surface area contributed by atoms with Crippen LogP contribution in [0.15, 0.2) is 29.2 Å². The van der Waals surface area contributed by atoms with Crippen molar-refractivity contribution in [2.24, 2.45) is 5.41 Å². The monoisotopic (exact) mass is 260 g/mol. The smallest absolute Gasteiger partial charge is 0.303 e. The van der Waals surface area contributed by atoms with Crippen LogP contribution in [0.2, 0.25) is 0 Å². The second-order valence-corrected chi connectivity index (χ2v) is 5.34. The molecular formula is C12H11F3OS. The first-order chi connectivity index (χ1) is 7.95. The van der Waals surface area contributed by atoms with Gasteiger partial charge in [0.05, 0.1) is 5.56 Å². The molecule has 1 aliphatic carbocycles. The van der Waals surface area contributed by atoms with Crippen LogP contribution in [0, 0.1) is 5.41 Å². The van der Waals surface area contributed by atoms with Crippen LogP contribution in [-0.2, 0) is 11.0 Å². The fourth-order valence-corrected chi connectivity index (χ4v) is 2.56. The van der Waals surface area contributed by atoms with E-state index >= 15 is 0 Å². The van der Waals surface area contributed by atoms with Crippen LogP contribution in [0.1, 0.15) is 18.4 Å². The number of hydrogen-bond donors (Lipinski definition) is 0. The largest absolute Gasteiger partial charge is 0.416 e. The Morgan fingerprint density at radius 3 is 2.24 bits per heavy atom. The molecule has 0 aliphatic heterocycles. The van der Waals surface area contributed by atoms with Crippen LogP contribution in [0.4, 0.5) is 13.2 Å². The lowest BCUT2D eigenvalue weighted by Gasteiger charge is -2.09. The number of thioether (sulfide) groups is 1. The Morgan fingerprint density at radius 2 is 1.82 bits per heavy atom. The number of rotatable bonds is 4. The lowest BCUT2D eigenvalue weighted by Crippen LogP contribution is -2.05. The summed E-state index contributed by atoms with van der Waals surface area (Å²) in [6.45, 7) is 0. The van der Waals surface area contributed by atoms with Gasteiger partial charge in [0, 0.05) is 16.1 Å². The highest BCUT2D eigenvalue weighted by Gasteiger charge is 2.42. The van der Waals surface area contributed by atoms with Crippen molar-refractivity contribution in [3.05, 3.63) is 29.8 Å². The predicted octanol–water partition coefficient (Wildman–Crippen LogP) is 3.78. The topological polar surface area (TPSA) is 17.1 Å². The van der Waals surface area contributed by atoms with E-state index in [9.17, 15) is 18.0 Å². The number of halogens is 3. The molecule has 1 saturated carbocycles. The number of hydrogen-bond acceptors (Lipinski definition) is 2. The van der Waals surface area contributed by atoms with Crippen LogP contribution in [0.3, 0.4) is 0 Å². The minimum atomic E-state index is -4.29. The molecule has 0 N–H and O–H groups in total. The van der Waals surface area contributed by atoms with E-state index < -0.39 is 11.7 Å². The summed E-state index contributed by atoms with van der Waals surface area (Å²) in [6, 6.07) is 5.05. The maximum Gasteiger partial charge on any atom is 0.416 e. The summed E-state index contributed by atoms with van der Waals surface area (Å²) in [4.78, 5) is 11.5. The summed E-state index contributed by atoms with van der Waals surface area (Å²) in [7, 11) is 0. The first-order valence-electron chi connectivity index (χ1n) is 5.22. The van der Waals surface area contributed by atoms with Crippen LogP contribution in [0.5, 0.6) is 0 Å². The minimum Gasteiger partial charge on any atom is -0.303 e. The summed E-state index contributed by atoms with van der Waals surface area (Å²) in [5, 5.41) is 0. The summed E-state index contributed by atoms with van der Waals surface area (Å²) in [5.41, 5.74) is -0.855. The molecule has 1 nitrogen and oxygen atoms in total. The zero-order valence-corrected chi connectivity index (χ0v) is 9.77. The molecule has 5 heteroatoms. The van der Waals surface area contributed by atoms with Gasteiger partial charge in [-0.25, -0.2) is 0 Å². The van der Waals surface area contributed by atoms with Gasteiger partial charge in [0.25, 0.3) is 0 Å². The zero-order valence-electron chi connectivity index (χ0n) is 8.96. The van der Waals surface area contributed by atoms with Gasteiger partial charge in [0.2, 0.25) is 0 Å². The normalized spacial score (nSPS) is 17.8. The van der Waals surface area contributed by atoms with E-state index in [0.29, 0.717) is 5.75 Å². The molecule has 0 aromatic heterocycles. The molecule has 17 heavy (non-hydrogen) atoms. The van der Waals surface area contributed by atoms with Crippen molar-refractivity contribution in [2.75, 3.05) is 5.75 Å². The molecule has 1 aromatic rings. The van der Waals surface area contributed by atoms with Crippen molar-refractivity contribution < 1.29 is 18.0 Å². The third-order valence-corrected chi connectivity index (χ3v) is 4.17. The van der Waals surface area contributed by atoms with E-state index in [2.05, 4.69) is 0 Å². The maximum absolute atomic E-state index is 12.3. The molecule has 92 valence electrons. The van der Waals surface area contributed by atoms with E-state index in [-0.39, 0.29) is 5.41 Å². The van der Waals surface area contributed by atoms with Gasteiger partial charge in [-0.3, -0.25) is 0 Å². The molecule has 0 heterocycles. The molecule has 1 fully saturated rings. The van der Waals surface area contributed by atoms with Crippen LogP contribution in [0.25, 0.3) is 0 Å². The Kier molecular flexibility index (Phi) is 3.21. The predicted molar refractivity (Wildman–Crippen MR) is 59.9 cm³/mol. The summed E-state index contributed by atoms with van der Waals surface area (Å²) >= 11 is 1.44. The number of carbonyl (C=O) groups excluding carboxylic acids is 1. The number of alkyl halides is 3. The minimum absolute atomic E-state index is 0.215. The molecule has 0 radical (unpaired) electrons. The summed E-state index contributed by atoms with van der Waals surface area (Å²) in [5.74, 6) is 0.655. The molecule has 1 aromatic carbocycles. The Balaban J connectivity index is 1.97. The zero-order chi connectivity index (χ0) is 12.5. The van der Waals surface area contributed by atoms with Gasteiger partial charge in [-0.2, -0.15) is 13.2 Å². The molecule has 1 aliphatic rings. The highest BCUT2D eigenvalue weighted by Crippen LogP contribution is 2.47. The van der Waals surface area contributed by atoms with E-state index in [1.54, 1.807) is 0 Å². The maximum atomic E-state index is 12.3. The van der Waals surface area contributed by atoms with Crippen LogP contribution >= 0.6 is 11.8 Å². The first-order valence-corrected chi connectivity index (χ1v) is 6.20. The Labute approximate surface area is 101 Å². The quantitative estimate of drug-likeness (QED) is 0.605. The summed E-state index contributed by atoms with van der Waals surface area (Å²) < 4.78 is 36.9. The third-order valence-electron chi connectivity index (χ3n) is 2.85. The van der Waals surface area contributed by atoms with Crippen molar-refractivity contribution in [1.29, 1.82) is 0 Å². The van der Waals surface area contributed by atoms with Crippen molar-refractivity contribution in [2.45, 2.75) is 23.9 Å². The molecule has 0 amide bonds. The molecule has 0 unspecified atom stereocenters. The number of carbonyl (C=O) groups is 1. The van der Waals surface area contributed by atoms with Crippen molar-refractivity contribution in [3.8, 4) is 0 Å². The lowest BCUT2D eigenvalue weighted by molar-refractivity contribution is -0.137. The lowest BCUT2D eigenvalue weighted by atomic mass is 10.2. The second-order valence-electron chi connectivity index (χ2n) is 4.29. The second kappa shape index (κ2) is 4.37. The van der Waals surface area contributed by atoms with Crippen molar-refractivity contribution in [1.82, 2.24) is 0 Å². The average Bonchev–Trinajstić information content (AvgIpc) is 3.06. The SMILES string of the molecule is O=CC1(CSc2ccc(C(F)(F)F)cc2)CC1. The fourth-order valence-electron chi connectivity index (χ4n) is 1.42. The van der Waals surface area contributed by atoms with Gasteiger partial charge in [0.1, 0.15) is 6.29 Å². The van der Waals surface area contributed by atoms with E-state index in [1.807, 2.05) is 0 Å². The molecular weight excluding hydrogens is 249 g/mol. The average molecular weight is 260 g/mol. The Bertz CT molecular complexity index is 407. The molecule has 0 saturated heterocycles. The molecule has 2 rings (SSSR count). The standard InChI is InChI=1S/C12H11F3OS/c13-12(14,15)9-1-3-10(4-2-9)17-8-11(7-16)5-6-11/h1-4,7H,5-6,8H2. The van der Waals surface area contributed by atoms with Crippen molar-refractivity contribution >= 4 is 18.0 Å². The van der Waals surface area contributed by atoms with Crippen molar-refractivity contribution in [3.63, 3.8) is 0 Å². The molecule has 0 spiro atoms. The van der Waals surface area contributed by atoms with Gasteiger partial charge < -0.3 is 4.79 Å². The highest BCUT2D eigenvalue weighted by molar-refractivity contribution is 7.99. The molecule has 0 bridgehead atoms. The molecule has 0 atom stereocenters.